The lowest BCUT2D eigenvalue weighted by molar-refractivity contribution is -0.119. The molecule has 0 aliphatic carbocycles. The zero-order chi connectivity index (χ0) is 105. The highest BCUT2D eigenvalue weighted by Gasteiger charge is 2.52. The van der Waals surface area contributed by atoms with Crippen LogP contribution in [0, 0.1) is 47.9 Å². The van der Waals surface area contributed by atoms with E-state index in [1.165, 1.54) is 34.6 Å². The van der Waals surface area contributed by atoms with Gasteiger partial charge in [0.1, 0.15) is 57.9 Å². The summed E-state index contributed by atoms with van der Waals surface area (Å²) < 4.78 is 114. The number of halogens is 1. The summed E-state index contributed by atoms with van der Waals surface area (Å²) in [5.74, 6) is 6.79. The summed E-state index contributed by atoms with van der Waals surface area (Å²) in [6.07, 6.45) is 1.83. The molecular weight excluding hydrogens is 1960 g/mol. The number of aliphatic hydroxyl groups is 3. The van der Waals surface area contributed by atoms with E-state index in [-0.39, 0.29) is 118 Å². The molecule has 6 aliphatic heterocycles. The molecule has 0 bridgehead atoms. The van der Waals surface area contributed by atoms with Crippen LogP contribution in [0.5, 0.6) is 23.0 Å². The number of hydrogen-bond acceptors (Lipinski definition) is 30. The van der Waals surface area contributed by atoms with Crippen LogP contribution in [0.2, 0.25) is 0 Å². The normalized spacial score (nSPS) is 20.2. The van der Waals surface area contributed by atoms with Gasteiger partial charge in [0.05, 0.1) is 104 Å². The fourth-order valence-electron chi connectivity index (χ4n) is 17.7. The number of aromatic nitrogens is 8. The number of carbonyl (C=O) groups is 2. The summed E-state index contributed by atoms with van der Waals surface area (Å²) in [7, 11) is 4.34. The first-order valence-electron chi connectivity index (χ1n) is 48.4. The summed E-state index contributed by atoms with van der Waals surface area (Å²) in [5, 5.41) is 37.6. The van der Waals surface area contributed by atoms with Gasteiger partial charge in [-0.15, -0.1) is 23.9 Å². The van der Waals surface area contributed by atoms with Gasteiger partial charge in [-0.1, -0.05) is 172 Å². The molecule has 10 heterocycles. The molecule has 10 aromatic rings. The quantitative estimate of drug-likeness (QED) is 0.00787. The van der Waals surface area contributed by atoms with Crippen molar-refractivity contribution in [2.45, 2.75) is 141 Å². The number of fused-ring (bicyclic) bond motifs is 2. The monoisotopic (exact) mass is 2100 g/mol. The van der Waals surface area contributed by atoms with Crippen molar-refractivity contribution in [3.05, 3.63) is 224 Å². The first-order valence-corrected chi connectivity index (χ1v) is 53.3. The summed E-state index contributed by atoms with van der Waals surface area (Å²) in [6.45, 7) is 26.3. The van der Waals surface area contributed by atoms with Crippen molar-refractivity contribution < 1.29 is 93.8 Å². The van der Waals surface area contributed by atoms with Crippen LogP contribution >= 0.6 is 36.0 Å². The van der Waals surface area contributed by atoms with Crippen molar-refractivity contribution in [2.75, 3.05) is 168 Å². The van der Waals surface area contributed by atoms with Gasteiger partial charge in [0.2, 0.25) is 23.7 Å². The second kappa shape index (κ2) is 53.5. The van der Waals surface area contributed by atoms with Crippen LogP contribution in [0.15, 0.2) is 180 Å². The number of carbonyl (C=O) groups excluding carboxylic acids is 2. The fraction of sp³-hybridized carbons (Fsp3) is 0.500. The van der Waals surface area contributed by atoms with Crippen molar-refractivity contribution in [1.82, 2.24) is 58.6 Å². The Morgan fingerprint density at radius 1 is 0.524 bits per heavy atom. The van der Waals surface area contributed by atoms with E-state index in [1.807, 2.05) is 158 Å². The molecular formula is C104H137ClN14O22S4. The molecule has 3 unspecified atom stereocenters. The average Bonchev–Trinajstić information content (AvgIpc) is 1.69. The van der Waals surface area contributed by atoms with E-state index >= 15 is 0 Å². The molecule has 0 radical (unpaired) electrons. The Kier molecular flexibility index (Phi) is 42.1. The molecule has 41 heteroatoms. The molecule has 2 amide bonds. The average molecular weight is 2100 g/mol. The Hall–Kier alpha value is -11.1. The minimum Gasteiger partial charge on any atom is -0.497 e. The molecule has 4 aromatic heterocycles. The number of ether oxygens (including phenoxy) is 11. The van der Waals surface area contributed by atoms with Crippen molar-refractivity contribution >= 4 is 112 Å². The Labute approximate surface area is 863 Å². The number of likely N-dealkylation sites (N-methyl/N-ethyl adjacent to an activating group) is 2. The number of hydrogen-bond donors (Lipinski definition) is 7. The lowest BCUT2D eigenvalue weighted by Gasteiger charge is -2.37. The van der Waals surface area contributed by atoms with Gasteiger partial charge in [0.25, 0.3) is 21.5 Å². The third-order valence-electron chi connectivity index (χ3n) is 25.9. The predicted molar refractivity (Wildman–Crippen MR) is 564 cm³/mol. The second-order valence-corrected chi connectivity index (χ2v) is 43.2. The van der Waals surface area contributed by atoms with Gasteiger partial charge in [-0.3, -0.25) is 48.9 Å². The van der Waals surface area contributed by atoms with Crippen LogP contribution in [-0.2, 0) is 72.9 Å². The number of amides is 2. The molecule has 6 aliphatic rings. The molecule has 145 heavy (non-hydrogen) atoms. The molecule has 7 N–H and O–H groups in total. The van der Waals surface area contributed by atoms with E-state index in [2.05, 4.69) is 105 Å². The van der Waals surface area contributed by atoms with Gasteiger partial charge in [0, 0.05) is 70.6 Å². The Balaban J connectivity index is 0.000000193. The highest BCUT2D eigenvalue weighted by atomic mass is 35.5. The van der Waals surface area contributed by atoms with Gasteiger partial charge in [-0.2, -0.15) is 9.97 Å². The number of rotatable bonds is 28. The SMILES string of the molecule is C#CCCCC(C)C(C(C)C)C(C)C.CC(C)C(=O)Nc1nc2c(ncn2[C@@H]2O[C@H](CO)C(O)[C@@H]2OC(=S)N2CCS(=O)(=O)CC2)c(=O)[nH]1.CN1CCOCC1.CN1CCOCC1.COc1ccc(C(Cl)(c2ccccc2)c2ccc(OC)cc2)cc1.COc1ccc(C(OC[C@H]2O[C@@H](n3cnc4c(=O)[nH]c(NC(=O)C(C)C)nc43)[C@@H](OC(=S)N3CCS(=O)(=O)CC3)C2O)(c2ccccc2)c2ccc(OC)cc2)cc1. The molecule has 9 atom stereocenters. The summed E-state index contributed by atoms with van der Waals surface area (Å²) in [4.78, 5) is 79.4. The summed E-state index contributed by atoms with van der Waals surface area (Å²) in [6, 6.07) is 50.4. The van der Waals surface area contributed by atoms with Crippen molar-refractivity contribution in [1.29, 1.82) is 0 Å². The maximum Gasteiger partial charge on any atom is 0.280 e. The van der Waals surface area contributed by atoms with Crippen molar-refractivity contribution in [2.24, 2.45) is 35.5 Å². The van der Waals surface area contributed by atoms with Gasteiger partial charge in [-0.25, -0.2) is 26.8 Å². The summed E-state index contributed by atoms with van der Waals surface area (Å²) in [5.41, 5.74) is 2.80. The third-order valence-corrected chi connectivity index (χ3v) is 30.4. The van der Waals surface area contributed by atoms with E-state index < -0.39 is 103 Å². The minimum atomic E-state index is -3.23. The minimum absolute atomic E-state index is 0.0312. The molecule has 786 valence electrons. The smallest absolute Gasteiger partial charge is 0.280 e. The highest BCUT2D eigenvalue weighted by molar-refractivity contribution is 7.91. The van der Waals surface area contributed by atoms with Crippen LogP contribution in [0.25, 0.3) is 22.3 Å². The molecule has 16 rings (SSSR count). The molecule has 6 saturated heterocycles. The Morgan fingerprint density at radius 2 is 0.862 bits per heavy atom. The molecule has 6 aromatic carbocycles. The number of unbranched alkanes of at least 4 members (excludes halogenated alkanes) is 1. The van der Waals surface area contributed by atoms with Gasteiger partial charge < -0.3 is 87.0 Å². The number of imidazole rings is 2. The van der Waals surface area contributed by atoms with Crippen LogP contribution < -0.4 is 40.7 Å². The van der Waals surface area contributed by atoms with Crippen LogP contribution in [0.3, 0.4) is 0 Å². The number of thiocarbonyl (C=S) groups is 2. The topological polar surface area (TPSA) is 429 Å². The third kappa shape index (κ3) is 29.9. The number of aromatic amines is 2. The van der Waals surface area contributed by atoms with Gasteiger partial charge in [0.15, 0.2) is 66.7 Å². The largest absolute Gasteiger partial charge is 0.497 e. The van der Waals surface area contributed by atoms with Crippen LogP contribution in [0.4, 0.5) is 11.9 Å². The zero-order valence-corrected chi connectivity index (χ0v) is 88.8. The number of H-pyrrole nitrogens is 2. The van der Waals surface area contributed by atoms with Crippen LogP contribution in [0.1, 0.15) is 127 Å². The highest BCUT2D eigenvalue weighted by Crippen LogP contribution is 2.47. The standard InChI is InChI=1S/C40H44N6O10S2.C21H19ClO2.C19H26N6O8S2.C14H26.2C5H11NO/c1-24(2)35(48)43-38-42-34-31(36(49)44-38)41-23-46(34)37-33(56-39(57)45-18-20-58(50,51)21-19-45)32(47)30(55-37)22-54-40(25-8-6-5-7-9-25,26-10-14-28(52-3)15-11-26)27-12-16-29(53-4)17-13-27;1-23-19-12-8-17(9-13-19)21(22,16-6-4-3-5-7-16)18-10-14-20(24-2)15-11-18;1-9(2)15(28)22-18-21-14-11(16(29)23-18)20-8-25(14)17-13(12(27)10(7-26)32-17)33-19(34)24-3-5-35(30,31)6-4-24;1-7-8-9-10-13(6)14(11(2)3)12(4)5;2*1-6-2-4-7-5-3-6/h5-17,23-24,30,32-33,37,47H,18-22H2,1-4H3,(H2,42,43,44,48,49);3-15H,1-2H3;8-10,12-13,17,26-27H,3-7H2,1-2H3,(H2,21,22,23,28,29);1,11-14H,8-10H2,2-6H3;2*2-5H2,1H3/t30-,32?,33+,37-;;10-,12?,13+,17-;;;/m1.1.../s1. The Morgan fingerprint density at radius 3 is 1.19 bits per heavy atom. The Bertz CT molecular complexity index is 6100. The van der Waals surface area contributed by atoms with Crippen molar-refractivity contribution in [3.63, 3.8) is 0 Å². The maximum absolute atomic E-state index is 13.2. The number of methoxy groups -OCH3 is 4. The number of nitrogens with one attached hydrogen (secondary N) is 4. The number of anilines is 2. The maximum atomic E-state index is 13.2. The molecule has 36 nitrogen and oxygen atoms in total. The number of aliphatic hydroxyl groups excluding tert-OH is 3. The lowest BCUT2D eigenvalue weighted by Crippen LogP contribution is -2.47. The number of terminal acetylenes is 1. The van der Waals surface area contributed by atoms with Crippen molar-refractivity contribution in [3.8, 4) is 35.3 Å². The second-order valence-electron chi connectivity index (χ2n) is 37.3. The molecule has 0 saturated carbocycles. The fourth-order valence-corrected chi connectivity index (χ4v) is 21.0. The number of benzene rings is 6. The number of alkyl halides is 1. The predicted octanol–water partition coefficient (Wildman–Crippen LogP) is 11.2. The van der Waals surface area contributed by atoms with Crippen LogP contribution in [-0.4, -0.2) is 307 Å². The molecule has 6 fully saturated rings. The van der Waals surface area contributed by atoms with E-state index in [0.29, 0.717) is 11.5 Å². The lowest BCUT2D eigenvalue weighted by atomic mass is 9.75. The number of morpholine rings is 2. The number of sulfone groups is 2. The zero-order valence-electron chi connectivity index (χ0n) is 84.8. The first-order chi connectivity index (χ1) is 69.3. The summed E-state index contributed by atoms with van der Waals surface area (Å²) >= 11 is 18.2. The van der Waals surface area contributed by atoms with E-state index in [4.69, 9.17) is 94.6 Å². The van der Waals surface area contributed by atoms with Gasteiger partial charge >= 0.3 is 0 Å². The molecule has 0 spiro atoms. The number of nitrogens with zero attached hydrogens (tertiary/aromatic N) is 10. The van der Waals surface area contributed by atoms with Gasteiger partial charge in [-0.05, 0) is 157 Å². The first kappa shape index (κ1) is 114. The van der Waals surface area contributed by atoms with E-state index in [1.54, 1.807) is 65.9 Å². The van der Waals surface area contributed by atoms with E-state index in [9.17, 15) is 51.3 Å². The van der Waals surface area contributed by atoms with E-state index in [0.717, 1.165) is 128 Å².